The van der Waals surface area contributed by atoms with Crippen molar-refractivity contribution in [2.24, 2.45) is 4.99 Å². The minimum Gasteiger partial charge on any atom is -0.478 e. The van der Waals surface area contributed by atoms with Gasteiger partial charge in [-0.2, -0.15) is 0 Å². The first-order valence-electron chi connectivity index (χ1n) is 11.0. The van der Waals surface area contributed by atoms with Gasteiger partial charge in [-0.3, -0.25) is 9.69 Å². The Morgan fingerprint density at radius 1 is 1.00 bits per heavy atom. The summed E-state index contributed by atoms with van der Waals surface area (Å²) >= 11 is 1.33. The predicted octanol–water partition coefficient (Wildman–Crippen LogP) is 5.81. The molecule has 35 heavy (non-hydrogen) atoms. The Morgan fingerprint density at radius 2 is 1.69 bits per heavy atom. The number of amidine groups is 1. The average Bonchev–Trinajstić information content (AvgIpc) is 3.14. The maximum Gasteiger partial charge on any atom is 0.335 e. The molecule has 0 saturated carbocycles. The van der Waals surface area contributed by atoms with Gasteiger partial charge in [0.1, 0.15) is 0 Å². The largest absolute Gasteiger partial charge is 0.478 e. The third kappa shape index (κ3) is 6.07. The smallest absolute Gasteiger partial charge is 0.335 e. The lowest BCUT2D eigenvalue weighted by Crippen LogP contribution is -2.28. The monoisotopic (exact) mass is 483 g/mol. The van der Waals surface area contributed by atoms with E-state index in [0.717, 1.165) is 22.5 Å². The van der Waals surface area contributed by atoms with Crippen molar-refractivity contribution in [3.63, 3.8) is 0 Å². The van der Waals surface area contributed by atoms with Crippen molar-refractivity contribution in [2.45, 2.75) is 6.54 Å². The Bertz CT molecular complexity index is 1300. The van der Waals surface area contributed by atoms with Crippen LogP contribution in [0.15, 0.2) is 101 Å². The fourth-order valence-corrected chi connectivity index (χ4v) is 4.37. The standard InChI is InChI=1S/C28H25N3O3S/c1-30(2)24-17-13-20(14-18-24)7-6-10-25-26(32)31(19-21-11-15-22(16-12-21)27(33)34)28(35-25)29-23-8-4-3-5-9-23/h3-18H,19H2,1-2H3,(H,33,34)/b7-6+,25-10+,29-28?. The summed E-state index contributed by atoms with van der Waals surface area (Å²) < 4.78 is 0. The number of carbonyl (C=O) groups excluding carboxylic acids is 1. The first-order chi connectivity index (χ1) is 16.9. The number of thioether (sulfide) groups is 1. The first-order valence-corrected chi connectivity index (χ1v) is 11.8. The van der Waals surface area contributed by atoms with Crippen LogP contribution in [0.1, 0.15) is 21.5 Å². The Kier molecular flexibility index (Phi) is 7.48. The van der Waals surface area contributed by atoms with Crippen LogP contribution in [0, 0.1) is 0 Å². The highest BCUT2D eigenvalue weighted by atomic mass is 32.2. The highest BCUT2D eigenvalue weighted by Gasteiger charge is 2.33. The van der Waals surface area contributed by atoms with E-state index in [-0.39, 0.29) is 11.5 Å². The van der Waals surface area contributed by atoms with Gasteiger partial charge in [-0.05, 0) is 65.4 Å². The van der Waals surface area contributed by atoms with Gasteiger partial charge in [0.15, 0.2) is 5.17 Å². The number of hydrogen-bond donors (Lipinski definition) is 1. The lowest BCUT2D eigenvalue weighted by Gasteiger charge is -2.16. The van der Waals surface area contributed by atoms with Crippen LogP contribution >= 0.6 is 11.8 Å². The maximum absolute atomic E-state index is 13.3. The van der Waals surface area contributed by atoms with Crippen molar-refractivity contribution >= 4 is 46.3 Å². The summed E-state index contributed by atoms with van der Waals surface area (Å²) in [6.45, 7) is 0.296. The molecule has 1 aliphatic rings. The molecule has 3 aromatic carbocycles. The number of aliphatic imine (C=N–C) groups is 1. The minimum absolute atomic E-state index is 0.139. The van der Waals surface area contributed by atoms with Crippen LogP contribution in [0.3, 0.4) is 0 Å². The van der Waals surface area contributed by atoms with Crippen molar-refractivity contribution in [1.29, 1.82) is 0 Å². The molecule has 176 valence electrons. The van der Waals surface area contributed by atoms with E-state index in [1.165, 1.54) is 11.8 Å². The van der Waals surface area contributed by atoms with Gasteiger partial charge < -0.3 is 10.0 Å². The SMILES string of the molecule is CN(C)c1ccc(/C=C/C=C2/SC(=Nc3ccccc3)N(Cc3ccc(C(=O)O)cc3)C2=O)cc1. The topological polar surface area (TPSA) is 73.2 Å². The van der Waals surface area contributed by atoms with Gasteiger partial charge in [0, 0.05) is 19.8 Å². The van der Waals surface area contributed by atoms with Gasteiger partial charge in [-0.25, -0.2) is 9.79 Å². The molecule has 1 amide bonds. The van der Waals surface area contributed by atoms with Gasteiger partial charge in [-0.1, -0.05) is 54.6 Å². The van der Waals surface area contributed by atoms with Crippen molar-refractivity contribution in [1.82, 2.24) is 4.90 Å². The molecule has 7 heteroatoms. The number of carboxylic acid groups (broad SMARTS) is 1. The summed E-state index contributed by atoms with van der Waals surface area (Å²) in [4.78, 5) is 33.4. The summed E-state index contributed by atoms with van der Waals surface area (Å²) in [5.41, 5.74) is 3.94. The molecule has 0 unspecified atom stereocenters. The number of anilines is 1. The first kappa shape index (κ1) is 24.0. The molecule has 0 atom stereocenters. The minimum atomic E-state index is -0.982. The van der Waals surface area contributed by atoms with Crippen molar-refractivity contribution in [3.8, 4) is 0 Å². The summed E-state index contributed by atoms with van der Waals surface area (Å²) in [7, 11) is 4.00. The molecular formula is C28H25N3O3S. The van der Waals surface area contributed by atoms with Gasteiger partial charge in [0.05, 0.1) is 22.7 Å². The van der Waals surface area contributed by atoms with Crippen LogP contribution in [0.5, 0.6) is 0 Å². The second-order valence-electron chi connectivity index (χ2n) is 8.10. The molecular weight excluding hydrogens is 458 g/mol. The van der Waals surface area contributed by atoms with Crippen molar-refractivity contribution < 1.29 is 14.7 Å². The highest BCUT2D eigenvalue weighted by molar-refractivity contribution is 8.18. The zero-order valence-corrected chi connectivity index (χ0v) is 20.3. The second-order valence-corrected chi connectivity index (χ2v) is 9.11. The Morgan fingerprint density at radius 3 is 2.31 bits per heavy atom. The molecule has 1 heterocycles. The lowest BCUT2D eigenvalue weighted by atomic mass is 10.1. The molecule has 0 aromatic heterocycles. The van der Waals surface area contributed by atoms with Gasteiger partial charge in [-0.15, -0.1) is 0 Å². The summed E-state index contributed by atoms with van der Waals surface area (Å²) in [5.74, 6) is -1.12. The number of aromatic carboxylic acids is 1. The molecule has 4 rings (SSSR count). The third-order valence-electron chi connectivity index (χ3n) is 5.36. The van der Waals surface area contributed by atoms with Gasteiger partial charge in [0.2, 0.25) is 0 Å². The molecule has 6 nitrogen and oxygen atoms in total. The average molecular weight is 484 g/mol. The number of carbonyl (C=O) groups is 2. The Balaban J connectivity index is 1.57. The molecule has 0 spiro atoms. The number of hydrogen-bond acceptors (Lipinski definition) is 5. The Hall–Kier alpha value is -4.10. The van der Waals surface area contributed by atoms with E-state index in [0.29, 0.717) is 16.6 Å². The molecule has 1 fully saturated rings. The molecule has 0 radical (unpaired) electrons. The van der Waals surface area contributed by atoms with E-state index < -0.39 is 5.97 Å². The molecule has 3 aromatic rings. The third-order valence-corrected chi connectivity index (χ3v) is 6.38. The van der Waals surface area contributed by atoms with E-state index in [2.05, 4.69) is 0 Å². The van der Waals surface area contributed by atoms with Crippen LogP contribution in [0.25, 0.3) is 6.08 Å². The normalized spacial score (nSPS) is 15.9. The number of amides is 1. The molecule has 1 aliphatic heterocycles. The van der Waals surface area contributed by atoms with E-state index in [9.17, 15) is 9.59 Å². The number of rotatable bonds is 7. The van der Waals surface area contributed by atoms with Crippen LogP contribution in [0.4, 0.5) is 11.4 Å². The van der Waals surface area contributed by atoms with E-state index >= 15 is 0 Å². The van der Waals surface area contributed by atoms with E-state index in [1.807, 2.05) is 85.7 Å². The quantitative estimate of drug-likeness (QED) is 0.429. The number of allylic oxidation sites excluding steroid dienone is 2. The van der Waals surface area contributed by atoms with Crippen molar-refractivity contribution in [3.05, 3.63) is 113 Å². The lowest BCUT2D eigenvalue weighted by molar-refractivity contribution is -0.122. The fourth-order valence-electron chi connectivity index (χ4n) is 3.42. The van der Waals surface area contributed by atoms with Crippen molar-refractivity contribution in [2.75, 3.05) is 19.0 Å². The molecule has 1 N–H and O–H groups in total. The summed E-state index contributed by atoms with van der Waals surface area (Å²) in [5, 5.41) is 9.72. The van der Waals surface area contributed by atoms with Crippen LogP contribution in [0.2, 0.25) is 0 Å². The van der Waals surface area contributed by atoms with Crippen LogP contribution in [-0.2, 0) is 11.3 Å². The highest BCUT2D eigenvalue weighted by Crippen LogP contribution is 2.34. The Labute approximate surface area is 208 Å². The molecule has 0 aliphatic carbocycles. The van der Waals surface area contributed by atoms with Gasteiger partial charge >= 0.3 is 5.97 Å². The maximum atomic E-state index is 13.3. The van der Waals surface area contributed by atoms with Crippen LogP contribution < -0.4 is 4.90 Å². The molecule has 0 bridgehead atoms. The summed E-state index contributed by atoms with van der Waals surface area (Å²) in [6, 6.07) is 24.2. The number of para-hydroxylation sites is 1. The fraction of sp³-hybridized carbons (Fsp3) is 0.107. The predicted molar refractivity (Wildman–Crippen MR) is 143 cm³/mol. The molecule has 1 saturated heterocycles. The van der Waals surface area contributed by atoms with E-state index in [1.54, 1.807) is 35.2 Å². The van der Waals surface area contributed by atoms with Crippen LogP contribution in [-0.4, -0.2) is 41.1 Å². The second kappa shape index (κ2) is 10.9. The number of carboxylic acids is 1. The number of benzene rings is 3. The number of nitrogens with zero attached hydrogens (tertiary/aromatic N) is 3. The van der Waals surface area contributed by atoms with E-state index in [4.69, 9.17) is 10.1 Å². The van der Waals surface area contributed by atoms with Gasteiger partial charge in [0.25, 0.3) is 5.91 Å². The zero-order valence-electron chi connectivity index (χ0n) is 19.5. The zero-order chi connectivity index (χ0) is 24.8. The summed E-state index contributed by atoms with van der Waals surface area (Å²) in [6.07, 6.45) is 5.64.